The molecule has 5 nitrogen and oxygen atoms in total. The van der Waals surface area contributed by atoms with Crippen molar-refractivity contribution in [2.45, 2.75) is 45.3 Å². The van der Waals surface area contributed by atoms with E-state index < -0.39 is 11.8 Å². The number of halogens is 1. The molecular weight excluding hydrogens is 320 g/mol. The fraction of sp³-hybridized carbons (Fsp3) is 0.529. The second-order valence-corrected chi connectivity index (χ2v) is 6.62. The van der Waals surface area contributed by atoms with E-state index in [4.69, 9.17) is 25.8 Å². The number of carbonyl (C=O) groups excluding carboxylic acids is 2. The predicted molar refractivity (Wildman–Crippen MR) is 84.2 cm³/mol. The molecule has 0 bridgehead atoms. The van der Waals surface area contributed by atoms with Crippen molar-refractivity contribution in [2.75, 3.05) is 7.11 Å². The third-order valence-corrected chi connectivity index (χ3v) is 5.02. The molecule has 1 aliphatic carbocycles. The van der Waals surface area contributed by atoms with Crippen molar-refractivity contribution >= 4 is 23.4 Å². The molecule has 0 aromatic heterocycles. The fourth-order valence-electron chi connectivity index (χ4n) is 3.30. The van der Waals surface area contributed by atoms with E-state index in [9.17, 15) is 9.59 Å². The summed E-state index contributed by atoms with van der Waals surface area (Å²) in [7, 11) is 1.32. The molecule has 0 spiro atoms. The quantitative estimate of drug-likeness (QED) is 0.770. The van der Waals surface area contributed by atoms with E-state index in [0.717, 1.165) is 12.8 Å². The summed E-state index contributed by atoms with van der Waals surface area (Å²) in [4.78, 5) is 23.3. The van der Waals surface area contributed by atoms with Gasteiger partial charge in [0, 0.05) is 31.2 Å². The molecule has 1 aromatic carbocycles. The molecular formula is C17H19ClO5. The van der Waals surface area contributed by atoms with Gasteiger partial charge in [-0.25, -0.2) is 4.79 Å². The van der Waals surface area contributed by atoms with Crippen LogP contribution in [0.15, 0.2) is 6.07 Å². The molecule has 1 heterocycles. The Morgan fingerprint density at radius 3 is 2.52 bits per heavy atom. The van der Waals surface area contributed by atoms with E-state index in [1.807, 2.05) is 6.92 Å². The number of hydrogen-bond donors (Lipinski definition) is 0. The highest BCUT2D eigenvalue weighted by atomic mass is 35.5. The number of esters is 1. The number of fused-ring (bicyclic) bond motifs is 1. The van der Waals surface area contributed by atoms with Gasteiger partial charge in [0.2, 0.25) is 0 Å². The first-order valence-electron chi connectivity index (χ1n) is 7.67. The van der Waals surface area contributed by atoms with Gasteiger partial charge in [-0.05, 0) is 25.8 Å². The minimum absolute atomic E-state index is 0.102. The van der Waals surface area contributed by atoms with E-state index in [1.165, 1.54) is 7.11 Å². The van der Waals surface area contributed by atoms with Gasteiger partial charge in [0.15, 0.2) is 11.5 Å². The van der Waals surface area contributed by atoms with Crippen molar-refractivity contribution in [3.8, 4) is 11.5 Å². The van der Waals surface area contributed by atoms with Crippen LogP contribution in [0.4, 0.5) is 0 Å². The highest BCUT2D eigenvalue weighted by molar-refractivity contribution is 6.32. The van der Waals surface area contributed by atoms with Gasteiger partial charge in [-0.15, -0.1) is 0 Å². The number of Topliss-reactive ketones (excluding diaryl/α,β-unsaturated/α-hetero) is 1. The Morgan fingerprint density at radius 1 is 1.30 bits per heavy atom. The zero-order chi connectivity index (χ0) is 16.8. The average Bonchev–Trinajstić information content (AvgIpc) is 2.90. The molecule has 0 amide bonds. The maximum Gasteiger partial charge on any atom is 0.338 e. The molecule has 0 saturated heterocycles. The van der Waals surface area contributed by atoms with Crippen LogP contribution in [0.2, 0.25) is 5.02 Å². The Kier molecular flexibility index (Phi) is 4.00. The first-order chi connectivity index (χ1) is 10.9. The minimum atomic E-state index is -0.869. The van der Waals surface area contributed by atoms with Crippen LogP contribution in [0.1, 0.15) is 48.5 Å². The second-order valence-electron chi connectivity index (χ2n) is 6.21. The standard InChI is InChI=1S/C17H19ClO5/c1-9-12(16(20)21-3)8-13(18)15-14(9)22-17(2,23-15)10-4-6-11(19)7-5-10/h8,10H,4-7H2,1-3H3/t17-/m0/s1. The molecule has 1 fully saturated rings. The van der Waals surface area contributed by atoms with Crippen molar-refractivity contribution in [3.63, 3.8) is 0 Å². The van der Waals surface area contributed by atoms with E-state index in [2.05, 4.69) is 0 Å². The lowest BCUT2D eigenvalue weighted by atomic mass is 9.83. The Labute approximate surface area is 139 Å². The highest BCUT2D eigenvalue weighted by Crippen LogP contribution is 2.51. The lowest BCUT2D eigenvalue weighted by molar-refractivity contribution is -0.135. The maximum absolute atomic E-state index is 11.9. The molecule has 1 aromatic rings. The highest BCUT2D eigenvalue weighted by Gasteiger charge is 2.47. The zero-order valence-corrected chi connectivity index (χ0v) is 14.2. The van der Waals surface area contributed by atoms with Gasteiger partial charge in [-0.1, -0.05) is 11.6 Å². The molecule has 2 aliphatic rings. The van der Waals surface area contributed by atoms with Crippen LogP contribution in [0.25, 0.3) is 0 Å². The molecule has 124 valence electrons. The molecule has 0 unspecified atom stereocenters. The van der Waals surface area contributed by atoms with Crippen molar-refractivity contribution in [2.24, 2.45) is 5.92 Å². The lowest BCUT2D eigenvalue weighted by Crippen LogP contribution is -2.44. The van der Waals surface area contributed by atoms with Gasteiger partial charge in [0.25, 0.3) is 5.79 Å². The van der Waals surface area contributed by atoms with Gasteiger partial charge >= 0.3 is 5.97 Å². The van der Waals surface area contributed by atoms with Gasteiger partial charge in [0.1, 0.15) is 5.78 Å². The SMILES string of the molecule is COC(=O)c1cc(Cl)c2c(c1C)O[C@](C)(C1CCC(=O)CC1)O2. The molecule has 0 radical (unpaired) electrons. The van der Waals surface area contributed by atoms with Crippen LogP contribution >= 0.6 is 11.6 Å². The molecule has 1 aliphatic heterocycles. The summed E-state index contributed by atoms with van der Waals surface area (Å²) >= 11 is 6.27. The number of hydrogen-bond acceptors (Lipinski definition) is 5. The summed E-state index contributed by atoms with van der Waals surface area (Å²) in [5, 5.41) is 0.321. The minimum Gasteiger partial charge on any atom is -0.465 e. The maximum atomic E-state index is 11.9. The van der Waals surface area contributed by atoms with Gasteiger partial charge < -0.3 is 14.2 Å². The van der Waals surface area contributed by atoms with Crippen molar-refractivity contribution in [3.05, 3.63) is 22.2 Å². The topological polar surface area (TPSA) is 61.8 Å². The predicted octanol–water partition coefficient (Wildman–Crippen LogP) is 3.68. The van der Waals surface area contributed by atoms with Gasteiger partial charge in [0.05, 0.1) is 17.7 Å². The number of ketones is 1. The Morgan fingerprint density at radius 2 is 1.91 bits per heavy atom. The third-order valence-electron chi connectivity index (χ3n) is 4.74. The van der Waals surface area contributed by atoms with Crippen molar-refractivity contribution in [1.29, 1.82) is 0 Å². The molecule has 3 rings (SSSR count). The lowest BCUT2D eigenvalue weighted by Gasteiger charge is -2.34. The van der Waals surface area contributed by atoms with Crippen LogP contribution in [-0.4, -0.2) is 24.6 Å². The van der Waals surface area contributed by atoms with Crippen LogP contribution < -0.4 is 9.47 Å². The first-order valence-corrected chi connectivity index (χ1v) is 8.04. The fourth-order valence-corrected chi connectivity index (χ4v) is 3.53. The van der Waals surface area contributed by atoms with Crippen LogP contribution in [0, 0.1) is 12.8 Å². The summed E-state index contributed by atoms with van der Waals surface area (Å²) in [5.41, 5.74) is 1.01. The molecule has 1 atom stereocenters. The van der Waals surface area contributed by atoms with E-state index in [0.29, 0.717) is 40.5 Å². The Hall–Kier alpha value is -1.75. The van der Waals surface area contributed by atoms with Crippen molar-refractivity contribution in [1.82, 2.24) is 0 Å². The van der Waals surface area contributed by atoms with Crippen LogP contribution in [0.3, 0.4) is 0 Å². The van der Waals surface area contributed by atoms with Crippen molar-refractivity contribution < 1.29 is 23.8 Å². The summed E-state index contributed by atoms with van der Waals surface area (Å²) in [6, 6.07) is 1.54. The average molecular weight is 339 g/mol. The smallest absolute Gasteiger partial charge is 0.338 e. The number of methoxy groups -OCH3 is 1. The zero-order valence-electron chi connectivity index (χ0n) is 13.4. The molecule has 23 heavy (non-hydrogen) atoms. The summed E-state index contributed by atoms with van der Waals surface area (Å²) in [5.74, 6) is -0.0139. The normalized spacial score (nSPS) is 23.9. The number of benzene rings is 1. The van der Waals surface area contributed by atoms with Crippen LogP contribution in [-0.2, 0) is 9.53 Å². The van der Waals surface area contributed by atoms with Gasteiger partial charge in [-0.2, -0.15) is 0 Å². The third kappa shape index (κ3) is 2.67. The number of ether oxygens (including phenoxy) is 3. The number of rotatable bonds is 2. The van der Waals surface area contributed by atoms with E-state index in [1.54, 1.807) is 13.0 Å². The first kappa shape index (κ1) is 16.1. The molecule has 0 N–H and O–H groups in total. The van der Waals surface area contributed by atoms with Crippen LogP contribution in [0.5, 0.6) is 11.5 Å². The Balaban J connectivity index is 1.94. The Bertz CT molecular complexity index is 674. The second kappa shape index (κ2) is 5.71. The number of carbonyl (C=O) groups is 2. The summed E-state index contributed by atoms with van der Waals surface area (Å²) in [6.45, 7) is 3.64. The summed E-state index contributed by atoms with van der Waals surface area (Å²) < 4.78 is 16.9. The summed E-state index contributed by atoms with van der Waals surface area (Å²) in [6.07, 6.45) is 2.54. The largest absolute Gasteiger partial charge is 0.465 e. The molecule has 6 heteroatoms. The van der Waals surface area contributed by atoms with E-state index >= 15 is 0 Å². The van der Waals surface area contributed by atoms with Gasteiger partial charge in [-0.3, -0.25) is 4.79 Å². The van der Waals surface area contributed by atoms with E-state index in [-0.39, 0.29) is 11.7 Å². The molecule has 1 saturated carbocycles. The monoisotopic (exact) mass is 338 g/mol.